The molecule has 1 aliphatic heterocycles. The largest absolute Gasteiger partial charge is 0.454 e. The number of carbonyl (C=O) groups excluding carboxylic acids is 1. The number of fused-ring (bicyclic) bond motifs is 1. The molecular formula is C16H18F2N2O3. The third-order valence-electron chi connectivity index (χ3n) is 4.03. The minimum Gasteiger partial charge on any atom is -0.454 e. The van der Waals surface area contributed by atoms with E-state index in [1.54, 1.807) is 31.2 Å². The van der Waals surface area contributed by atoms with Gasteiger partial charge in [-0.15, -0.1) is 0 Å². The zero-order valence-electron chi connectivity index (χ0n) is 12.7. The van der Waals surface area contributed by atoms with Crippen LogP contribution in [0.25, 0.3) is 11.0 Å². The fourth-order valence-corrected chi connectivity index (χ4v) is 2.81. The molecule has 3 rings (SSSR count). The monoisotopic (exact) mass is 324 g/mol. The van der Waals surface area contributed by atoms with Crippen LogP contribution in [-0.2, 0) is 14.3 Å². The second-order valence-corrected chi connectivity index (χ2v) is 5.57. The van der Waals surface area contributed by atoms with E-state index in [4.69, 9.17) is 9.47 Å². The standard InChI is InChI=1S/C16H18F2N2O3/c1-10(23-15(21)11-6-8-22-9-7-11)14-19-12-4-2-3-5-13(12)20(14)16(17)18/h2-5,10-11,16H,6-9H2,1H3. The number of halogens is 2. The van der Waals surface area contributed by atoms with Gasteiger partial charge in [0.1, 0.15) is 0 Å². The molecule has 1 unspecified atom stereocenters. The lowest BCUT2D eigenvalue weighted by atomic mass is 10.0. The summed E-state index contributed by atoms with van der Waals surface area (Å²) in [5.41, 5.74) is 0.781. The van der Waals surface area contributed by atoms with Gasteiger partial charge in [-0.3, -0.25) is 9.36 Å². The summed E-state index contributed by atoms with van der Waals surface area (Å²) in [6.45, 7) is -0.147. The van der Waals surface area contributed by atoms with Crippen molar-refractivity contribution >= 4 is 17.0 Å². The molecule has 2 heterocycles. The summed E-state index contributed by atoms with van der Waals surface area (Å²) in [6.07, 6.45) is 0.347. The number of para-hydroxylation sites is 2. The molecule has 0 bridgehead atoms. The molecule has 0 aliphatic carbocycles. The highest BCUT2D eigenvalue weighted by Gasteiger charge is 2.28. The van der Waals surface area contributed by atoms with Crippen molar-refractivity contribution in [2.45, 2.75) is 32.4 Å². The molecular weight excluding hydrogens is 306 g/mol. The number of hydrogen-bond donors (Lipinski definition) is 0. The Kier molecular flexibility index (Phi) is 4.56. The molecule has 0 saturated carbocycles. The molecule has 0 radical (unpaired) electrons. The number of esters is 1. The van der Waals surface area contributed by atoms with Crippen LogP contribution < -0.4 is 0 Å². The van der Waals surface area contributed by atoms with Gasteiger partial charge in [0, 0.05) is 13.2 Å². The first-order chi connectivity index (χ1) is 11.1. The van der Waals surface area contributed by atoms with E-state index in [-0.39, 0.29) is 17.7 Å². The Morgan fingerprint density at radius 1 is 1.35 bits per heavy atom. The summed E-state index contributed by atoms with van der Waals surface area (Å²) in [4.78, 5) is 16.4. The fourth-order valence-electron chi connectivity index (χ4n) is 2.81. The van der Waals surface area contributed by atoms with Crippen LogP contribution in [0.5, 0.6) is 0 Å². The van der Waals surface area contributed by atoms with Gasteiger partial charge in [0.15, 0.2) is 11.9 Å². The molecule has 1 fully saturated rings. The van der Waals surface area contributed by atoms with Crippen molar-refractivity contribution in [1.82, 2.24) is 9.55 Å². The van der Waals surface area contributed by atoms with E-state index in [2.05, 4.69) is 4.98 Å². The second-order valence-electron chi connectivity index (χ2n) is 5.57. The van der Waals surface area contributed by atoms with Crippen LogP contribution in [0.4, 0.5) is 8.78 Å². The summed E-state index contributed by atoms with van der Waals surface area (Å²) in [7, 11) is 0. The van der Waals surface area contributed by atoms with E-state index in [9.17, 15) is 13.6 Å². The second kappa shape index (κ2) is 6.62. The molecule has 0 amide bonds. The zero-order valence-corrected chi connectivity index (χ0v) is 12.7. The minimum atomic E-state index is -2.75. The number of nitrogens with zero attached hydrogens (tertiary/aromatic N) is 2. The lowest BCUT2D eigenvalue weighted by Crippen LogP contribution is -2.26. The summed E-state index contributed by atoms with van der Waals surface area (Å²) < 4.78 is 38.2. The van der Waals surface area contributed by atoms with Crippen LogP contribution in [0, 0.1) is 5.92 Å². The Bertz CT molecular complexity index is 696. The van der Waals surface area contributed by atoms with Gasteiger partial charge in [-0.25, -0.2) is 4.98 Å². The molecule has 1 aliphatic rings. The summed E-state index contributed by atoms with van der Waals surface area (Å²) >= 11 is 0. The third-order valence-corrected chi connectivity index (χ3v) is 4.03. The number of rotatable bonds is 4. The highest BCUT2D eigenvalue weighted by Crippen LogP contribution is 2.29. The average molecular weight is 324 g/mol. The van der Waals surface area contributed by atoms with Gasteiger partial charge in [0.2, 0.25) is 0 Å². The Morgan fingerprint density at radius 3 is 2.74 bits per heavy atom. The van der Waals surface area contributed by atoms with Crippen LogP contribution in [0.15, 0.2) is 24.3 Å². The van der Waals surface area contributed by atoms with E-state index in [1.807, 2.05) is 0 Å². The van der Waals surface area contributed by atoms with Crippen molar-refractivity contribution in [2.24, 2.45) is 5.92 Å². The summed E-state index contributed by atoms with van der Waals surface area (Å²) in [5, 5.41) is 0. The van der Waals surface area contributed by atoms with Crippen molar-refractivity contribution in [2.75, 3.05) is 13.2 Å². The number of aromatic nitrogens is 2. The van der Waals surface area contributed by atoms with Gasteiger partial charge in [-0.1, -0.05) is 12.1 Å². The number of ether oxygens (including phenoxy) is 2. The molecule has 7 heteroatoms. The lowest BCUT2D eigenvalue weighted by molar-refractivity contribution is -0.157. The molecule has 1 saturated heterocycles. The van der Waals surface area contributed by atoms with E-state index >= 15 is 0 Å². The molecule has 1 aromatic carbocycles. The maximum atomic E-state index is 13.4. The predicted molar refractivity (Wildman–Crippen MR) is 79.0 cm³/mol. The number of alkyl halides is 2. The molecule has 124 valence electrons. The van der Waals surface area contributed by atoms with Crippen LogP contribution >= 0.6 is 0 Å². The number of benzene rings is 1. The van der Waals surface area contributed by atoms with Crippen molar-refractivity contribution in [3.05, 3.63) is 30.1 Å². The van der Waals surface area contributed by atoms with E-state index in [0.29, 0.717) is 37.1 Å². The van der Waals surface area contributed by atoms with Crippen molar-refractivity contribution < 1.29 is 23.0 Å². The molecule has 1 aromatic heterocycles. The zero-order chi connectivity index (χ0) is 16.4. The number of carbonyl (C=O) groups is 1. The molecule has 1 atom stereocenters. The first-order valence-electron chi connectivity index (χ1n) is 7.61. The Hall–Kier alpha value is -2.02. The SMILES string of the molecule is CC(OC(=O)C1CCOCC1)c1nc2ccccc2n1C(F)F. The highest BCUT2D eigenvalue weighted by atomic mass is 19.3. The lowest BCUT2D eigenvalue weighted by Gasteiger charge is -2.22. The van der Waals surface area contributed by atoms with Crippen LogP contribution in [0.3, 0.4) is 0 Å². The van der Waals surface area contributed by atoms with Gasteiger partial charge >= 0.3 is 12.5 Å². The molecule has 5 nitrogen and oxygen atoms in total. The quantitative estimate of drug-likeness (QED) is 0.808. The predicted octanol–water partition coefficient (Wildman–Crippen LogP) is 3.46. The summed E-state index contributed by atoms with van der Waals surface area (Å²) in [6, 6.07) is 6.63. The van der Waals surface area contributed by atoms with Gasteiger partial charge in [0.05, 0.1) is 17.0 Å². The molecule has 23 heavy (non-hydrogen) atoms. The molecule has 0 N–H and O–H groups in total. The van der Waals surface area contributed by atoms with E-state index < -0.39 is 12.7 Å². The first kappa shape index (κ1) is 15.9. The van der Waals surface area contributed by atoms with Crippen LogP contribution in [0.1, 0.15) is 38.2 Å². The van der Waals surface area contributed by atoms with Crippen LogP contribution in [-0.4, -0.2) is 28.7 Å². The highest BCUT2D eigenvalue weighted by molar-refractivity contribution is 5.76. The third kappa shape index (κ3) is 3.19. The van der Waals surface area contributed by atoms with Crippen molar-refractivity contribution in [3.8, 4) is 0 Å². The van der Waals surface area contributed by atoms with Crippen molar-refractivity contribution in [1.29, 1.82) is 0 Å². The van der Waals surface area contributed by atoms with Crippen LogP contribution in [0.2, 0.25) is 0 Å². The smallest absolute Gasteiger partial charge is 0.320 e. The topological polar surface area (TPSA) is 53.4 Å². The Labute approximate surface area is 132 Å². The van der Waals surface area contributed by atoms with Gasteiger partial charge < -0.3 is 9.47 Å². The van der Waals surface area contributed by atoms with E-state index in [1.165, 1.54) is 0 Å². The van der Waals surface area contributed by atoms with E-state index in [0.717, 1.165) is 4.57 Å². The normalized spacial score (nSPS) is 17.6. The maximum Gasteiger partial charge on any atom is 0.320 e. The van der Waals surface area contributed by atoms with Gasteiger partial charge in [-0.05, 0) is 31.9 Å². The fraction of sp³-hybridized carbons (Fsp3) is 0.500. The minimum absolute atomic E-state index is 0.0570. The Morgan fingerprint density at radius 2 is 2.04 bits per heavy atom. The summed E-state index contributed by atoms with van der Waals surface area (Å²) in [5.74, 6) is -0.564. The van der Waals surface area contributed by atoms with Crippen molar-refractivity contribution in [3.63, 3.8) is 0 Å². The molecule has 0 spiro atoms. The number of hydrogen-bond acceptors (Lipinski definition) is 4. The van der Waals surface area contributed by atoms with Gasteiger partial charge in [0.25, 0.3) is 0 Å². The Balaban J connectivity index is 1.84. The molecule has 2 aromatic rings. The maximum absolute atomic E-state index is 13.4. The average Bonchev–Trinajstić information content (AvgIpc) is 2.95. The number of imidazole rings is 1. The van der Waals surface area contributed by atoms with Gasteiger partial charge in [-0.2, -0.15) is 8.78 Å². The first-order valence-corrected chi connectivity index (χ1v) is 7.61.